The second-order valence-corrected chi connectivity index (χ2v) is 6.37. The van der Waals surface area contributed by atoms with Crippen molar-refractivity contribution in [2.24, 2.45) is 0 Å². The summed E-state index contributed by atoms with van der Waals surface area (Å²) in [6.45, 7) is 4.80. The van der Waals surface area contributed by atoms with Crippen LogP contribution in [0.1, 0.15) is 16.7 Å². The number of hydrogen-bond donors (Lipinski definition) is 1. The first kappa shape index (κ1) is 21.7. The first-order valence-electron chi connectivity index (χ1n) is 8.69. The number of hydrogen-bond acceptors (Lipinski definition) is 7. The number of nitro benzene ring substituents is 1. The summed E-state index contributed by atoms with van der Waals surface area (Å²) in [6.07, 6.45) is 0. The molecular formula is C20H22N2O7. The van der Waals surface area contributed by atoms with Gasteiger partial charge < -0.3 is 19.5 Å². The Morgan fingerprint density at radius 1 is 1.07 bits per heavy atom. The largest absolute Gasteiger partial charge is 0.495 e. The van der Waals surface area contributed by atoms with E-state index in [-0.39, 0.29) is 23.7 Å². The molecule has 29 heavy (non-hydrogen) atoms. The van der Waals surface area contributed by atoms with Crippen molar-refractivity contribution in [2.45, 2.75) is 20.8 Å². The fourth-order valence-electron chi connectivity index (χ4n) is 2.81. The van der Waals surface area contributed by atoms with E-state index in [0.29, 0.717) is 5.75 Å². The Kier molecular flexibility index (Phi) is 7.13. The summed E-state index contributed by atoms with van der Waals surface area (Å²) in [5.41, 5.74) is 2.76. The summed E-state index contributed by atoms with van der Waals surface area (Å²) in [4.78, 5) is 34.2. The number of rotatable bonds is 8. The molecule has 2 aromatic rings. The topological polar surface area (TPSA) is 117 Å². The quantitative estimate of drug-likeness (QED) is 0.410. The third-order valence-electron chi connectivity index (χ3n) is 3.97. The number of ether oxygens (including phenoxy) is 3. The summed E-state index contributed by atoms with van der Waals surface area (Å²) in [6, 6.07) is 7.65. The summed E-state index contributed by atoms with van der Waals surface area (Å²) < 4.78 is 15.5. The number of carbonyl (C=O) groups is 2. The van der Waals surface area contributed by atoms with Crippen molar-refractivity contribution in [3.05, 3.63) is 57.1 Å². The van der Waals surface area contributed by atoms with Gasteiger partial charge >= 0.3 is 5.97 Å². The van der Waals surface area contributed by atoms with Crippen LogP contribution in [0, 0.1) is 30.9 Å². The molecule has 0 saturated heterocycles. The molecule has 1 amide bonds. The Balaban J connectivity index is 1.90. The van der Waals surface area contributed by atoms with E-state index >= 15 is 0 Å². The number of methoxy groups -OCH3 is 1. The molecule has 0 aromatic heterocycles. The van der Waals surface area contributed by atoms with E-state index in [2.05, 4.69) is 5.32 Å². The molecule has 9 nitrogen and oxygen atoms in total. The van der Waals surface area contributed by atoms with E-state index in [1.807, 2.05) is 32.9 Å². The van der Waals surface area contributed by atoms with Crippen LogP contribution >= 0.6 is 0 Å². The van der Waals surface area contributed by atoms with Gasteiger partial charge in [0.2, 0.25) is 0 Å². The van der Waals surface area contributed by atoms with Gasteiger partial charge in [-0.1, -0.05) is 17.7 Å². The highest BCUT2D eigenvalue weighted by Gasteiger charge is 2.15. The molecule has 0 saturated carbocycles. The van der Waals surface area contributed by atoms with E-state index in [0.717, 1.165) is 22.8 Å². The molecule has 1 N–H and O–H groups in total. The van der Waals surface area contributed by atoms with Crippen molar-refractivity contribution in [1.82, 2.24) is 0 Å². The number of benzene rings is 2. The Morgan fingerprint density at radius 2 is 1.72 bits per heavy atom. The Bertz CT molecular complexity index is 917. The van der Waals surface area contributed by atoms with E-state index in [1.165, 1.54) is 19.2 Å². The van der Waals surface area contributed by atoms with Crippen LogP contribution in [0.2, 0.25) is 0 Å². The average Bonchev–Trinajstić information content (AvgIpc) is 2.65. The van der Waals surface area contributed by atoms with Crippen LogP contribution in [-0.4, -0.2) is 37.1 Å². The first-order chi connectivity index (χ1) is 13.7. The SMILES string of the molecule is COc1ccc([N+](=O)[O-])cc1NC(=O)COC(=O)COc1c(C)cc(C)cc1C. The lowest BCUT2D eigenvalue weighted by Gasteiger charge is -2.13. The zero-order valence-corrected chi connectivity index (χ0v) is 16.6. The summed E-state index contributed by atoms with van der Waals surface area (Å²) in [7, 11) is 1.36. The number of nitrogens with one attached hydrogen (secondary N) is 1. The Labute approximate surface area is 167 Å². The second kappa shape index (κ2) is 9.54. The van der Waals surface area contributed by atoms with Gasteiger partial charge in [0.15, 0.2) is 13.2 Å². The van der Waals surface area contributed by atoms with Crippen molar-refractivity contribution in [3.63, 3.8) is 0 Å². The molecular weight excluding hydrogens is 380 g/mol. The number of esters is 1. The van der Waals surface area contributed by atoms with Crippen molar-refractivity contribution in [3.8, 4) is 11.5 Å². The van der Waals surface area contributed by atoms with Gasteiger partial charge in [-0.2, -0.15) is 0 Å². The molecule has 0 radical (unpaired) electrons. The van der Waals surface area contributed by atoms with Crippen LogP contribution in [0.3, 0.4) is 0 Å². The maximum Gasteiger partial charge on any atom is 0.344 e. The minimum Gasteiger partial charge on any atom is -0.495 e. The minimum atomic E-state index is -0.717. The number of non-ortho nitro benzene ring substituents is 1. The molecule has 0 bridgehead atoms. The highest BCUT2D eigenvalue weighted by atomic mass is 16.6. The van der Waals surface area contributed by atoms with E-state index in [1.54, 1.807) is 0 Å². The van der Waals surface area contributed by atoms with E-state index < -0.39 is 23.4 Å². The summed E-state index contributed by atoms with van der Waals surface area (Å²) >= 11 is 0. The van der Waals surface area contributed by atoms with Crippen molar-refractivity contribution in [2.75, 3.05) is 25.6 Å². The molecule has 0 unspecified atom stereocenters. The standard InChI is InChI=1S/C20H22N2O7/c1-12-7-13(2)20(14(3)8-12)29-11-19(24)28-10-18(23)21-16-9-15(22(25)26)5-6-17(16)27-4/h5-9H,10-11H2,1-4H3,(H,21,23). The number of nitro groups is 1. The van der Waals surface area contributed by atoms with Crippen LogP contribution in [0.15, 0.2) is 30.3 Å². The lowest BCUT2D eigenvalue weighted by molar-refractivity contribution is -0.384. The monoisotopic (exact) mass is 402 g/mol. The third kappa shape index (κ3) is 5.93. The van der Waals surface area contributed by atoms with Crippen LogP contribution in [0.5, 0.6) is 11.5 Å². The maximum absolute atomic E-state index is 12.0. The molecule has 9 heteroatoms. The predicted octanol–water partition coefficient (Wildman–Crippen LogP) is 3.09. The van der Waals surface area contributed by atoms with E-state index in [9.17, 15) is 19.7 Å². The lowest BCUT2D eigenvalue weighted by Crippen LogP contribution is -2.24. The summed E-state index contributed by atoms with van der Waals surface area (Å²) in [5.74, 6) is -0.548. The molecule has 0 atom stereocenters. The normalized spacial score (nSPS) is 10.2. The van der Waals surface area contributed by atoms with Gasteiger partial charge in [-0.3, -0.25) is 14.9 Å². The molecule has 2 rings (SSSR count). The molecule has 0 fully saturated rings. The van der Waals surface area contributed by atoms with Gasteiger partial charge in [0.25, 0.3) is 11.6 Å². The van der Waals surface area contributed by atoms with Gasteiger partial charge in [0.05, 0.1) is 17.7 Å². The smallest absolute Gasteiger partial charge is 0.344 e. The lowest BCUT2D eigenvalue weighted by atomic mass is 10.1. The summed E-state index contributed by atoms with van der Waals surface area (Å²) in [5, 5.41) is 13.3. The highest BCUT2D eigenvalue weighted by molar-refractivity contribution is 5.94. The molecule has 154 valence electrons. The van der Waals surface area contributed by atoms with Crippen LogP contribution in [0.25, 0.3) is 0 Å². The van der Waals surface area contributed by atoms with E-state index in [4.69, 9.17) is 14.2 Å². The van der Waals surface area contributed by atoms with Gasteiger partial charge in [-0.15, -0.1) is 0 Å². The second-order valence-electron chi connectivity index (χ2n) is 6.37. The van der Waals surface area contributed by atoms with Crippen molar-refractivity contribution in [1.29, 1.82) is 0 Å². The zero-order chi connectivity index (χ0) is 21.6. The third-order valence-corrected chi connectivity index (χ3v) is 3.97. The van der Waals surface area contributed by atoms with Crippen molar-refractivity contribution >= 4 is 23.3 Å². The van der Waals surface area contributed by atoms with Gasteiger partial charge in [-0.05, 0) is 38.0 Å². The number of carbonyl (C=O) groups excluding carboxylic acids is 2. The maximum atomic E-state index is 12.0. The molecule has 0 aliphatic rings. The molecule has 0 spiro atoms. The number of anilines is 1. The molecule has 2 aromatic carbocycles. The fraction of sp³-hybridized carbons (Fsp3) is 0.300. The first-order valence-corrected chi connectivity index (χ1v) is 8.69. The van der Waals surface area contributed by atoms with Crippen LogP contribution < -0.4 is 14.8 Å². The molecule has 0 heterocycles. The van der Waals surface area contributed by atoms with Gasteiger partial charge in [-0.25, -0.2) is 4.79 Å². The van der Waals surface area contributed by atoms with Crippen LogP contribution in [-0.2, 0) is 14.3 Å². The highest BCUT2D eigenvalue weighted by Crippen LogP contribution is 2.28. The van der Waals surface area contributed by atoms with Crippen LogP contribution in [0.4, 0.5) is 11.4 Å². The predicted molar refractivity (Wildman–Crippen MR) is 105 cm³/mol. The minimum absolute atomic E-state index is 0.102. The molecule has 0 aliphatic carbocycles. The zero-order valence-electron chi connectivity index (χ0n) is 16.6. The average molecular weight is 402 g/mol. The fourth-order valence-corrected chi connectivity index (χ4v) is 2.81. The number of nitrogens with zero attached hydrogens (tertiary/aromatic N) is 1. The number of amides is 1. The Morgan fingerprint density at radius 3 is 2.31 bits per heavy atom. The molecule has 0 aliphatic heterocycles. The Hall–Kier alpha value is -3.62. The van der Waals surface area contributed by atoms with Gasteiger partial charge in [0, 0.05) is 12.1 Å². The number of aryl methyl sites for hydroxylation is 3. The van der Waals surface area contributed by atoms with Crippen molar-refractivity contribution < 1.29 is 28.7 Å². The van der Waals surface area contributed by atoms with Gasteiger partial charge in [0.1, 0.15) is 11.5 Å².